The molecule has 1 aromatic rings. The molecule has 1 N–H and O–H groups in total. The van der Waals surface area contributed by atoms with E-state index in [1.54, 1.807) is 6.26 Å². The Balaban J connectivity index is 1.82. The Kier molecular flexibility index (Phi) is 5.11. The van der Waals surface area contributed by atoms with Crippen LogP contribution in [0.3, 0.4) is 0 Å². The molecular formula is C15H25NO. The molecule has 1 fully saturated rings. The maximum atomic E-state index is 5.55. The summed E-state index contributed by atoms with van der Waals surface area (Å²) in [6.45, 7) is 3.29. The molecule has 0 amide bonds. The van der Waals surface area contributed by atoms with Crippen molar-refractivity contribution in [2.75, 3.05) is 6.54 Å². The largest absolute Gasteiger partial charge is 0.468 e. The van der Waals surface area contributed by atoms with Gasteiger partial charge in [-0.05, 0) is 43.9 Å². The zero-order valence-electron chi connectivity index (χ0n) is 11.0. The number of rotatable bonds is 7. The maximum Gasteiger partial charge on any atom is 0.120 e. The first-order chi connectivity index (χ1) is 8.40. The van der Waals surface area contributed by atoms with Crippen LogP contribution in [0.5, 0.6) is 0 Å². The highest BCUT2D eigenvalue weighted by atomic mass is 16.3. The normalized spacial score (nSPS) is 18.6. The molecule has 2 nitrogen and oxygen atoms in total. The van der Waals surface area contributed by atoms with Gasteiger partial charge in [0.1, 0.15) is 5.76 Å². The second-order valence-electron chi connectivity index (χ2n) is 5.25. The average molecular weight is 235 g/mol. The van der Waals surface area contributed by atoms with Crippen molar-refractivity contribution in [1.82, 2.24) is 5.32 Å². The fraction of sp³-hybridized carbons (Fsp3) is 0.733. The van der Waals surface area contributed by atoms with Gasteiger partial charge in [-0.25, -0.2) is 0 Å². The molecule has 0 saturated heterocycles. The van der Waals surface area contributed by atoms with Gasteiger partial charge in [0.15, 0.2) is 0 Å². The standard InChI is InChI=1S/C15H25NO/c1-2-11-16-14(15-8-5-12-17-15)10-9-13-6-3-4-7-13/h5,8,12-14,16H,2-4,6-7,9-11H2,1H3. The molecule has 1 aliphatic carbocycles. The zero-order chi connectivity index (χ0) is 11.9. The predicted molar refractivity (Wildman–Crippen MR) is 70.9 cm³/mol. The van der Waals surface area contributed by atoms with Gasteiger partial charge in [0.2, 0.25) is 0 Å². The lowest BCUT2D eigenvalue weighted by molar-refractivity contribution is 0.360. The van der Waals surface area contributed by atoms with E-state index < -0.39 is 0 Å². The molecule has 0 aliphatic heterocycles. The van der Waals surface area contributed by atoms with Crippen LogP contribution in [0.4, 0.5) is 0 Å². The van der Waals surface area contributed by atoms with E-state index in [1.807, 2.05) is 6.07 Å². The number of furan rings is 1. The van der Waals surface area contributed by atoms with Crippen LogP contribution in [0.15, 0.2) is 22.8 Å². The van der Waals surface area contributed by atoms with Crippen molar-refractivity contribution in [1.29, 1.82) is 0 Å². The molecule has 96 valence electrons. The number of hydrogen-bond acceptors (Lipinski definition) is 2. The fourth-order valence-electron chi connectivity index (χ4n) is 2.85. The van der Waals surface area contributed by atoms with Gasteiger partial charge in [-0.2, -0.15) is 0 Å². The lowest BCUT2D eigenvalue weighted by atomic mass is 9.97. The molecule has 0 spiro atoms. The SMILES string of the molecule is CCCNC(CCC1CCCC1)c1ccco1. The summed E-state index contributed by atoms with van der Waals surface area (Å²) in [5.41, 5.74) is 0. The fourth-order valence-corrected chi connectivity index (χ4v) is 2.85. The summed E-state index contributed by atoms with van der Waals surface area (Å²) >= 11 is 0. The monoisotopic (exact) mass is 235 g/mol. The van der Waals surface area contributed by atoms with Crippen LogP contribution in [0.25, 0.3) is 0 Å². The van der Waals surface area contributed by atoms with E-state index in [-0.39, 0.29) is 0 Å². The van der Waals surface area contributed by atoms with Crippen molar-refractivity contribution >= 4 is 0 Å². The van der Waals surface area contributed by atoms with Crippen molar-refractivity contribution in [3.05, 3.63) is 24.2 Å². The minimum atomic E-state index is 0.422. The van der Waals surface area contributed by atoms with E-state index >= 15 is 0 Å². The Labute approximate surface area is 105 Å². The van der Waals surface area contributed by atoms with Crippen molar-refractivity contribution in [3.8, 4) is 0 Å². The molecule has 2 heteroatoms. The maximum absolute atomic E-state index is 5.55. The molecule has 1 unspecified atom stereocenters. The van der Waals surface area contributed by atoms with Gasteiger partial charge in [0, 0.05) is 0 Å². The van der Waals surface area contributed by atoms with Crippen LogP contribution in [0.1, 0.15) is 63.7 Å². The molecular weight excluding hydrogens is 210 g/mol. The molecule has 1 aromatic heterocycles. The van der Waals surface area contributed by atoms with Gasteiger partial charge >= 0.3 is 0 Å². The van der Waals surface area contributed by atoms with Gasteiger partial charge in [0.25, 0.3) is 0 Å². The van der Waals surface area contributed by atoms with Crippen LogP contribution in [0, 0.1) is 5.92 Å². The molecule has 1 aliphatic rings. The van der Waals surface area contributed by atoms with Crippen LogP contribution < -0.4 is 5.32 Å². The van der Waals surface area contributed by atoms with Gasteiger partial charge < -0.3 is 9.73 Å². The average Bonchev–Trinajstić information content (AvgIpc) is 3.01. The van der Waals surface area contributed by atoms with Crippen LogP contribution in [-0.4, -0.2) is 6.54 Å². The second kappa shape index (κ2) is 6.85. The molecule has 17 heavy (non-hydrogen) atoms. The molecule has 1 heterocycles. The van der Waals surface area contributed by atoms with E-state index in [0.29, 0.717) is 6.04 Å². The first kappa shape index (κ1) is 12.7. The van der Waals surface area contributed by atoms with Gasteiger partial charge in [-0.1, -0.05) is 32.6 Å². The minimum absolute atomic E-state index is 0.422. The Morgan fingerprint density at radius 3 is 2.88 bits per heavy atom. The number of hydrogen-bond donors (Lipinski definition) is 1. The van der Waals surface area contributed by atoms with Crippen LogP contribution in [-0.2, 0) is 0 Å². The number of nitrogens with one attached hydrogen (secondary N) is 1. The van der Waals surface area contributed by atoms with Crippen molar-refractivity contribution < 1.29 is 4.42 Å². The molecule has 0 aromatic carbocycles. The first-order valence-electron chi connectivity index (χ1n) is 7.17. The molecule has 1 atom stereocenters. The smallest absolute Gasteiger partial charge is 0.120 e. The highest BCUT2D eigenvalue weighted by Crippen LogP contribution is 2.31. The third-order valence-corrected chi connectivity index (χ3v) is 3.87. The summed E-state index contributed by atoms with van der Waals surface area (Å²) in [6.07, 6.45) is 11.3. The summed E-state index contributed by atoms with van der Waals surface area (Å²) in [6, 6.07) is 4.51. The van der Waals surface area contributed by atoms with Gasteiger partial charge in [0.05, 0.1) is 12.3 Å². The Morgan fingerprint density at radius 2 is 2.24 bits per heavy atom. The predicted octanol–water partition coefficient (Wildman–Crippen LogP) is 4.29. The third-order valence-electron chi connectivity index (χ3n) is 3.87. The highest BCUT2D eigenvalue weighted by molar-refractivity contribution is 5.04. The van der Waals surface area contributed by atoms with Gasteiger partial charge in [-0.15, -0.1) is 0 Å². The molecule has 0 radical (unpaired) electrons. The van der Waals surface area contributed by atoms with Crippen LogP contribution >= 0.6 is 0 Å². The van der Waals surface area contributed by atoms with E-state index in [0.717, 1.165) is 18.2 Å². The topological polar surface area (TPSA) is 25.2 Å². The van der Waals surface area contributed by atoms with Crippen molar-refractivity contribution in [2.45, 2.75) is 57.9 Å². The van der Waals surface area contributed by atoms with E-state index in [4.69, 9.17) is 4.42 Å². The Morgan fingerprint density at radius 1 is 1.41 bits per heavy atom. The Hall–Kier alpha value is -0.760. The van der Waals surface area contributed by atoms with E-state index in [2.05, 4.69) is 18.3 Å². The van der Waals surface area contributed by atoms with Gasteiger partial charge in [-0.3, -0.25) is 0 Å². The Bertz CT molecular complexity index is 288. The molecule has 0 bridgehead atoms. The summed E-state index contributed by atoms with van der Waals surface area (Å²) in [5, 5.41) is 3.60. The van der Waals surface area contributed by atoms with E-state index in [1.165, 1.54) is 44.9 Å². The summed E-state index contributed by atoms with van der Waals surface area (Å²) in [4.78, 5) is 0. The van der Waals surface area contributed by atoms with E-state index in [9.17, 15) is 0 Å². The summed E-state index contributed by atoms with van der Waals surface area (Å²) in [7, 11) is 0. The third kappa shape index (κ3) is 3.88. The lowest BCUT2D eigenvalue weighted by Gasteiger charge is -2.18. The summed E-state index contributed by atoms with van der Waals surface area (Å²) < 4.78 is 5.55. The quantitative estimate of drug-likeness (QED) is 0.762. The molecule has 1 saturated carbocycles. The molecule has 2 rings (SSSR count). The van der Waals surface area contributed by atoms with Crippen molar-refractivity contribution in [2.24, 2.45) is 5.92 Å². The second-order valence-corrected chi connectivity index (χ2v) is 5.25. The summed E-state index contributed by atoms with van der Waals surface area (Å²) in [5.74, 6) is 2.08. The zero-order valence-corrected chi connectivity index (χ0v) is 11.0. The first-order valence-corrected chi connectivity index (χ1v) is 7.17. The minimum Gasteiger partial charge on any atom is -0.468 e. The lowest BCUT2D eigenvalue weighted by Crippen LogP contribution is -2.22. The van der Waals surface area contributed by atoms with Crippen molar-refractivity contribution in [3.63, 3.8) is 0 Å². The van der Waals surface area contributed by atoms with Crippen LogP contribution in [0.2, 0.25) is 0 Å². The highest BCUT2D eigenvalue weighted by Gasteiger charge is 2.19.